The van der Waals surface area contributed by atoms with Gasteiger partial charge in [-0.3, -0.25) is 0 Å². The minimum absolute atomic E-state index is 0.572. The van der Waals surface area contributed by atoms with Gasteiger partial charge in [0.05, 0.1) is 20.4 Å². The van der Waals surface area contributed by atoms with E-state index >= 15 is 0 Å². The first-order valence-corrected chi connectivity index (χ1v) is 22.1. The lowest BCUT2D eigenvalue weighted by Gasteiger charge is -2.12. The van der Waals surface area contributed by atoms with Crippen LogP contribution in [0.25, 0.3) is 120 Å². The van der Waals surface area contributed by atoms with Crippen LogP contribution in [0.2, 0.25) is 0 Å². The van der Waals surface area contributed by atoms with Gasteiger partial charge in [0, 0.05) is 27.8 Å². The maximum Gasteiger partial charge on any atom is 0.164 e. The average Bonchev–Trinajstić information content (AvgIpc) is 3.99. The third-order valence-corrected chi connectivity index (χ3v) is 13.5. The molecule has 62 heavy (non-hydrogen) atoms. The molecule has 12 aromatic rings. The number of para-hydroxylation sites is 2. The van der Waals surface area contributed by atoms with Crippen LogP contribution in [0.3, 0.4) is 0 Å². The Morgan fingerprint density at radius 1 is 0.242 bits per heavy atom. The summed E-state index contributed by atoms with van der Waals surface area (Å²) in [4.78, 5) is 26.0. The lowest BCUT2D eigenvalue weighted by molar-refractivity contribution is 1.07. The van der Waals surface area contributed by atoms with Gasteiger partial charge in [-0.05, 0) is 111 Å². The summed E-state index contributed by atoms with van der Waals surface area (Å²) in [7, 11) is 0. The second-order valence-corrected chi connectivity index (χ2v) is 17.4. The molecular formula is C55H33N5S2. The fourth-order valence-corrected chi connectivity index (χ4v) is 10.1. The topological polar surface area (TPSA) is 64.5 Å². The summed E-state index contributed by atoms with van der Waals surface area (Å²) < 4.78 is 2.27. The molecule has 0 atom stereocenters. The van der Waals surface area contributed by atoms with Gasteiger partial charge < -0.3 is 0 Å². The molecule has 0 aliphatic carbocycles. The standard InChI is InChI=1S/C55H33N5S2/c1-3-13-36-27-40(25-23-34(36)11-1)38-15-9-17-42(29-38)51-58-52(43-18-10-16-39(30-43)41-26-24-35-12-2-4-14-37(35)28-41)60-53(59-51)44-31-45(54-56-47-19-5-7-21-49(47)61-54)33-46(32-44)55-57-48-20-6-8-22-50(48)62-55/h1-33H. The zero-order valence-corrected chi connectivity index (χ0v) is 34.7. The van der Waals surface area contributed by atoms with Gasteiger partial charge in [-0.25, -0.2) is 24.9 Å². The van der Waals surface area contributed by atoms with Crippen LogP contribution in [0.1, 0.15) is 0 Å². The summed E-state index contributed by atoms with van der Waals surface area (Å²) in [6, 6.07) is 70.2. The minimum Gasteiger partial charge on any atom is -0.236 e. The van der Waals surface area contributed by atoms with Gasteiger partial charge in [0.25, 0.3) is 0 Å². The highest BCUT2D eigenvalue weighted by Crippen LogP contribution is 2.39. The molecule has 12 rings (SSSR count). The molecule has 5 nitrogen and oxygen atoms in total. The van der Waals surface area contributed by atoms with Crippen molar-refractivity contribution in [1.82, 2.24) is 24.9 Å². The molecule has 290 valence electrons. The largest absolute Gasteiger partial charge is 0.236 e. The van der Waals surface area contributed by atoms with E-state index in [2.05, 4.69) is 188 Å². The molecular weight excluding hydrogens is 795 g/mol. The first-order chi connectivity index (χ1) is 30.6. The molecule has 0 saturated carbocycles. The summed E-state index contributed by atoms with van der Waals surface area (Å²) in [5, 5.41) is 6.67. The van der Waals surface area contributed by atoms with Gasteiger partial charge in [0.1, 0.15) is 10.0 Å². The van der Waals surface area contributed by atoms with Gasteiger partial charge in [-0.2, -0.15) is 0 Å². The van der Waals surface area contributed by atoms with Crippen molar-refractivity contribution in [2.75, 3.05) is 0 Å². The van der Waals surface area contributed by atoms with Gasteiger partial charge >= 0.3 is 0 Å². The molecule has 0 unspecified atom stereocenters. The Labute approximate surface area is 365 Å². The number of hydrogen-bond acceptors (Lipinski definition) is 7. The first-order valence-electron chi connectivity index (χ1n) is 20.5. The molecule has 3 aromatic heterocycles. The number of nitrogens with zero attached hydrogens (tertiary/aromatic N) is 5. The van der Waals surface area contributed by atoms with Gasteiger partial charge in [-0.15, -0.1) is 22.7 Å². The smallest absolute Gasteiger partial charge is 0.164 e. The van der Waals surface area contributed by atoms with E-state index in [9.17, 15) is 0 Å². The van der Waals surface area contributed by atoms with Crippen LogP contribution in [0.15, 0.2) is 200 Å². The van der Waals surface area contributed by atoms with Crippen molar-refractivity contribution >= 4 is 64.7 Å². The van der Waals surface area contributed by atoms with E-state index in [-0.39, 0.29) is 0 Å². The monoisotopic (exact) mass is 827 g/mol. The normalized spacial score (nSPS) is 11.5. The second-order valence-electron chi connectivity index (χ2n) is 15.4. The van der Waals surface area contributed by atoms with E-state index in [1.807, 2.05) is 12.1 Å². The maximum atomic E-state index is 5.30. The fraction of sp³-hybridized carbons (Fsp3) is 0. The Kier molecular flexibility index (Phi) is 8.80. The van der Waals surface area contributed by atoms with Crippen molar-refractivity contribution in [3.8, 4) is 77.6 Å². The van der Waals surface area contributed by atoms with Crippen LogP contribution in [0.5, 0.6) is 0 Å². The Morgan fingerprint density at radius 3 is 1.10 bits per heavy atom. The van der Waals surface area contributed by atoms with E-state index in [0.29, 0.717) is 17.5 Å². The first kappa shape index (κ1) is 36.2. The van der Waals surface area contributed by atoms with Gasteiger partial charge in [0.2, 0.25) is 0 Å². The molecule has 9 aromatic carbocycles. The van der Waals surface area contributed by atoms with Crippen LogP contribution in [0.4, 0.5) is 0 Å². The van der Waals surface area contributed by atoms with Crippen molar-refractivity contribution in [3.05, 3.63) is 200 Å². The third-order valence-electron chi connectivity index (χ3n) is 11.3. The Morgan fingerprint density at radius 2 is 0.613 bits per heavy atom. The van der Waals surface area contributed by atoms with Crippen LogP contribution < -0.4 is 0 Å². The van der Waals surface area contributed by atoms with Crippen LogP contribution in [0, 0.1) is 0 Å². The van der Waals surface area contributed by atoms with Crippen LogP contribution >= 0.6 is 22.7 Å². The molecule has 0 aliphatic heterocycles. The predicted molar refractivity (Wildman–Crippen MR) is 259 cm³/mol. The summed E-state index contributed by atoms with van der Waals surface area (Å²) in [6.07, 6.45) is 0. The van der Waals surface area contributed by atoms with Gasteiger partial charge in [-0.1, -0.05) is 133 Å². The van der Waals surface area contributed by atoms with Crippen molar-refractivity contribution < 1.29 is 0 Å². The summed E-state index contributed by atoms with van der Waals surface area (Å²) >= 11 is 3.36. The molecule has 0 saturated heterocycles. The molecule has 0 amide bonds. The van der Waals surface area contributed by atoms with Crippen molar-refractivity contribution in [3.63, 3.8) is 0 Å². The number of thiazole rings is 2. The highest BCUT2D eigenvalue weighted by atomic mass is 32.1. The molecule has 0 radical (unpaired) electrons. The number of fused-ring (bicyclic) bond motifs is 4. The van der Waals surface area contributed by atoms with Crippen LogP contribution in [-0.2, 0) is 0 Å². The molecule has 0 N–H and O–H groups in total. The van der Waals surface area contributed by atoms with Gasteiger partial charge in [0.15, 0.2) is 17.5 Å². The highest BCUT2D eigenvalue weighted by Gasteiger charge is 2.18. The molecule has 0 aliphatic rings. The summed E-state index contributed by atoms with van der Waals surface area (Å²) in [5.74, 6) is 1.76. The SMILES string of the molecule is c1cc(-c2ccc3ccccc3c2)cc(-c2nc(-c3cccc(-c4ccc5ccccc5c4)c3)nc(-c3cc(-c4nc5ccccc5s4)cc(-c4nc5ccccc5s4)c3)n2)c1. The lowest BCUT2D eigenvalue weighted by atomic mass is 9.99. The minimum atomic E-state index is 0.572. The zero-order valence-electron chi connectivity index (χ0n) is 33.1. The average molecular weight is 828 g/mol. The van der Waals surface area contributed by atoms with E-state index < -0.39 is 0 Å². The number of aromatic nitrogens is 5. The predicted octanol–water partition coefficient (Wildman–Crippen LogP) is 15.1. The molecule has 0 spiro atoms. The van der Waals surface area contributed by atoms with E-state index in [1.165, 1.54) is 21.5 Å². The highest BCUT2D eigenvalue weighted by molar-refractivity contribution is 7.22. The quantitative estimate of drug-likeness (QED) is 0.160. The Bertz CT molecular complexity index is 3380. The summed E-state index contributed by atoms with van der Waals surface area (Å²) in [6.45, 7) is 0. The second kappa shape index (κ2) is 15.1. The molecule has 0 bridgehead atoms. The Hall–Kier alpha value is -7.71. The van der Waals surface area contributed by atoms with Crippen molar-refractivity contribution in [1.29, 1.82) is 0 Å². The number of hydrogen-bond donors (Lipinski definition) is 0. The number of benzene rings is 9. The van der Waals surface area contributed by atoms with E-state index in [4.69, 9.17) is 24.9 Å². The number of rotatable bonds is 7. The summed E-state index contributed by atoms with van der Waals surface area (Å²) in [5.41, 5.74) is 11.0. The van der Waals surface area contributed by atoms with Crippen molar-refractivity contribution in [2.24, 2.45) is 0 Å². The maximum absolute atomic E-state index is 5.30. The third kappa shape index (κ3) is 6.79. The fourth-order valence-electron chi connectivity index (χ4n) is 8.17. The van der Waals surface area contributed by atoms with E-state index in [0.717, 1.165) is 80.5 Å². The van der Waals surface area contributed by atoms with Crippen molar-refractivity contribution in [2.45, 2.75) is 0 Å². The van der Waals surface area contributed by atoms with E-state index in [1.54, 1.807) is 22.7 Å². The molecule has 7 heteroatoms. The molecule has 3 heterocycles. The Balaban J connectivity index is 1.05. The molecule has 0 fully saturated rings. The van der Waals surface area contributed by atoms with Crippen LogP contribution in [-0.4, -0.2) is 24.9 Å². The zero-order chi connectivity index (χ0) is 41.0. The lowest BCUT2D eigenvalue weighted by Crippen LogP contribution is -2.01.